The molecule has 0 unspecified atom stereocenters. The van der Waals surface area contributed by atoms with Gasteiger partial charge in [-0.15, -0.1) is 11.3 Å². The van der Waals surface area contributed by atoms with Crippen LogP contribution < -0.4 is 5.32 Å². The van der Waals surface area contributed by atoms with Gasteiger partial charge in [0.15, 0.2) is 6.61 Å². The maximum absolute atomic E-state index is 12.1. The minimum Gasteiger partial charge on any atom is -0.451 e. The Morgan fingerprint density at radius 1 is 1.27 bits per heavy atom. The van der Waals surface area contributed by atoms with Crippen molar-refractivity contribution in [2.75, 3.05) is 11.9 Å². The summed E-state index contributed by atoms with van der Waals surface area (Å²) in [6, 6.07) is 5.73. The van der Waals surface area contributed by atoms with E-state index >= 15 is 0 Å². The van der Waals surface area contributed by atoms with Gasteiger partial charge in [0.2, 0.25) is 0 Å². The van der Waals surface area contributed by atoms with Gasteiger partial charge in [0, 0.05) is 16.6 Å². The second-order valence-electron chi connectivity index (χ2n) is 5.81. The van der Waals surface area contributed by atoms with E-state index < -0.39 is 23.4 Å². The van der Waals surface area contributed by atoms with Gasteiger partial charge in [0.25, 0.3) is 11.6 Å². The van der Waals surface area contributed by atoms with Crippen molar-refractivity contribution in [3.63, 3.8) is 0 Å². The van der Waals surface area contributed by atoms with Crippen molar-refractivity contribution >= 4 is 46.2 Å². The summed E-state index contributed by atoms with van der Waals surface area (Å²) in [5.74, 6) is -1.13. The fourth-order valence-corrected chi connectivity index (χ4v) is 4.05. The number of rotatable bonds is 5. The van der Waals surface area contributed by atoms with Crippen LogP contribution in [0, 0.1) is 10.1 Å². The van der Waals surface area contributed by atoms with Crippen molar-refractivity contribution in [3.05, 3.63) is 54.7 Å². The molecule has 26 heavy (non-hydrogen) atoms. The van der Waals surface area contributed by atoms with Crippen LogP contribution in [0.3, 0.4) is 0 Å². The summed E-state index contributed by atoms with van der Waals surface area (Å²) in [6.07, 6.45) is 4.18. The number of amides is 1. The van der Waals surface area contributed by atoms with Crippen molar-refractivity contribution in [2.45, 2.75) is 25.7 Å². The predicted octanol–water partition coefficient (Wildman–Crippen LogP) is 3.98. The van der Waals surface area contributed by atoms with Gasteiger partial charge in [0.05, 0.1) is 4.92 Å². The first-order chi connectivity index (χ1) is 12.4. The molecule has 0 atom stereocenters. The molecule has 0 spiro atoms. The number of carbonyl (C=O) groups is 2. The highest BCUT2D eigenvalue weighted by Gasteiger charge is 2.19. The van der Waals surface area contributed by atoms with E-state index in [1.165, 1.54) is 33.9 Å². The molecule has 0 radical (unpaired) electrons. The second-order valence-corrected chi connectivity index (χ2v) is 7.36. The van der Waals surface area contributed by atoms with Crippen LogP contribution in [0.4, 0.5) is 11.4 Å². The Balaban J connectivity index is 1.57. The number of anilines is 1. The first-order valence-electron chi connectivity index (χ1n) is 7.96. The topological polar surface area (TPSA) is 98.5 Å². The Morgan fingerprint density at radius 3 is 2.77 bits per heavy atom. The summed E-state index contributed by atoms with van der Waals surface area (Å²) in [5, 5.41) is 13.3. The van der Waals surface area contributed by atoms with Gasteiger partial charge in [-0.3, -0.25) is 14.9 Å². The standard InChI is InChI=1S/C17H15ClN2O5S/c18-12-6-5-11(8-13(12)20(23)24)19-16(21)9-25-17(22)15-7-10-3-1-2-4-14(10)26-15/h5-8H,1-4,9H2,(H,19,21). The van der Waals surface area contributed by atoms with Crippen LogP contribution in [0.5, 0.6) is 0 Å². The number of ether oxygens (including phenoxy) is 1. The van der Waals surface area contributed by atoms with E-state index in [1.54, 1.807) is 0 Å². The number of nitrogens with one attached hydrogen (secondary N) is 1. The number of halogens is 1. The van der Waals surface area contributed by atoms with Gasteiger partial charge in [0.1, 0.15) is 9.90 Å². The molecule has 0 aliphatic heterocycles. The third kappa shape index (κ3) is 4.20. The van der Waals surface area contributed by atoms with E-state index in [0.29, 0.717) is 4.88 Å². The average Bonchev–Trinajstić information content (AvgIpc) is 3.05. The van der Waals surface area contributed by atoms with Crippen LogP contribution in [0.15, 0.2) is 24.3 Å². The monoisotopic (exact) mass is 394 g/mol. The number of thiophene rings is 1. The van der Waals surface area contributed by atoms with E-state index in [4.69, 9.17) is 16.3 Å². The van der Waals surface area contributed by atoms with Gasteiger partial charge in [-0.2, -0.15) is 0 Å². The number of benzene rings is 1. The zero-order valence-corrected chi connectivity index (χ0v) is 15.2. The summed E-state index contributed by atoms with van der Waals surface area (Å²) in [6.45, 7) is -0.474. The number of hydrogen-bond acceptors (Lipinski definition) is 6. The Hall–Kier alpha value is -2.45. The molecular formula is C17H15ClN2O5S. The van der Waals surface area contributed by atoms with Crippen LogP contribution in [0.1, 0.15) is 33.0 Å². The first kappa shape index (κ1) is 18.3. The molecule has 1 amide bonds. The molecule has 0 bridgehead atoms. The van der Waals surface area contributed by atoms with Crippen LogP contribution in [0.25, 0.3) is 0 Å². The fraction of sp³-hybridized carbons (Fsp3) is 0.294. The molecule has 0 saturated carbocycles. The zero-order chi connectivity index (χ0) is 18.7. The molecule has 1 heterocycles. The van der Waals surface area contributed by atoms with Gasteiger partial charge < -0.3 is 10.1 Å². The smallest absolute Gasteiger partial charge is 0.348 e. The molecule has 1 aromatic carbocycles. The third-order valence-corrected chi connectivity index (χ3v) is 5.50. The second kappa shape index (κ2) is 7.84. The number of fused-ring (bicyclic) bond motifs is 1. The van der Waals surface area contributed by atoms with Crippen LogP contribution in [-0.4, -0.2) is 23.4 Å². The molecule has 136 valence electrons. The van der Waals surface area contributed by atoms with Crippen molar-refractivity contribution in [3.8, 4) is 0 Å². The Kier molecular flexibility index (Phi) is 5.53. The van der Waals surface area contributed by atoms with Crippen LogP contribution in [-0.2, 0) is 22.4 Å². The maximum atomic E-state index is 12.1. The van der Waals surface area contributed by atoms with Crippen molar-refractivity contribution in [1.82, 2.24) is 0 Å². The number of aryl methyl sites for hydroxylation is 2. The van der Waals surface area contributed by atoms with E-state index in [1.807, 2.05) is 6.07 Å². The van der Waals surface area contributed by atoms with Gasteiger partial charge >= 0.3 is 5.97 Å². The van der Waals surface area contributed by atoms with Crippen molar-refractivity contribution in [2.24, 2.45) is 0 Å². The number of nitro groups is 1. The lowest BCUT2D eigenvalue weighted by Gasteiger charge is -2.08. The Morgan fingerprint density at radius 2 is 2.04 bits per heavy atom. The summed E-state index contributed by atoms with van der Waals surface area (Å²) in [5.41, 5.74) is 1.07. The summed E-state index contributed by atoms with van der Waals surface area (Å²) in [7, 11) is 0. The highest BCUT2D eigenvalue weighted by molar-refractivity contribution is 7.14. The molecule has 1 N–H and O–H groups in total. The molecule has 1 aromatic heterocycles. The normalized spacial score (nSPS) is 13.0. The number of nitrogens with zero attached hydrogens (tertiary/aromatic N) is 1. The molecule has 3 rings (SSSR count). The van der Waals surface area contributed by atoms with Gasteiger partial charge in [-0.25, -0.2) is 4.79 Å². The summed E-state index contributed by atoms with van der Waals surface area (Å²) >= 11 is 7.13. The molecule has 1 aliphatic carbocycles. The van der Waals surface area contributed by atoms with Gasteiger partial charge in [-0.05, 0) is 49.4 Å². The average molecular weight is 395 g/mol. The maximum Gasteiger partial charge on any atom is 0.348 e. The number of carbonyl (C=O) groups excluding carboxylic acids is 2. The minimum absolute atomic E-state index is 0.0268. The van der Waals surface area contributed by atoms with Crippen molar-refractivity contribution in [1.29, 1.82) is 0 Å². The van der Waals surface area contributed by atoms with E-state index in [2.05, 4.69) is 5.32 Å². The molecule has 2 aromatic rings. The van der Waals surface area contributed by atoms with E-state index in [9.17, 15) is 19.7 Å². The molecule has 7 nitrogen and oxygen atoms in total. The first-order valence-corrected chi connectivity index (χ1v) is 9.16. The van der Waals surface area contributed by atoms with E-state index in [0.717, 1.165) is 31.7 Å². The largest absolute Gasteiger partial charge is 0.451 e. The van der Waals surface area contributed by atoms with E-state index in [-0.39, 0.29) is 16.4 Å². The SMILES string of the molecule is O=C(COC(=O)c1cc2c(s1)CCCC2)Nc1ccc(Cl)c([N+](=O)[O-])c1. The molecule has 9 heteroatoms. The fourth-order valence-electron chi connectivity index (χ4n) is 2.72. The quantitative estimate of drug-likeness (QED) is 0.469. The highest BCUT2D eigenvalue weighted by atomic mass is 35.5. The summed E-state index contributed by atoms with van der Waals surface area (Å²) < 4.78 is 5.04. The Bertz CT molecular complexity index is 857. The molecule has 0 saturated heterocycles. The minimum atomic E-state index is -0.642. The zero-order valence-electron chi connectivity index (χ0n) is 13.6. The lowest BCUT2D eigenvalue weighted by molar-refractivity contribution is -0.384. The van der Waals surface area contributed by atoms with Crippen molar-refractivity contribution < 1.29 is 19.2 Å². The third-order valence-electron chi connectivity index (χ3n) is 3.96. The van der Waals surface area contributed by atoms with Crippen LogP contribution in [0.2, 0.25) is 5.02 Å². The van der Waals surface area contributed by atoms with Gasteiger partial charge in [-0.1, -0.05) is 11.6 Å². The Labute approximate surface area is 158 Å². The lowest BCUT2D eigenvalue weighted by Crippen LogP contribution is -2.20. The predicted molar refractivity (Wildman–Crippen MR) is 98.0 cm³/mol. The van der Waals surface area contributed by atoms with Crippen LogP contribution >= 0.6 is 22.9 Å². The number of nitro benzene ring substituents is 1. The molecule has 0 fully saturated rings. The molecular weight excluding hydrogens is 380 g/mol. The number of hydrogen-bond donors (Lipinski definition) is 1. The lowest BCUT2D eigenvalue weighted by atomic mass is 9.99. The highest BCUT2D eigenvalue weighted by Crippen LogP contribution is 2.30. The number of esters is 1. The molecule has 1 aliphatic rings. The summed E-state index contributed by atoms with van der Waals surface area (Å²) in [4.78, 5) is 35.9.